The lowest BCUT2D eigenvalue weighted by Gasteiger charge is -2.04. The second kappa shape index (κ2) is 5.22. The molecule has 0 saturated heterocycles. The van der Waals surface area contributed by atoms with Gasteiger partial charge in [-0.25, -0.2) is 13.4 Å². The minimum absolute atomic E-state index is 0.0917. The molecule has 1 heterocycles. The summed E-state index contributed by atoms with van der Waals surface area (Å²) in [6.45, 7) is 1.79. The molecule has 20 heavy (non-hydrogen) atoms. The third-order valence-corrected chi connectivity index (χ3v) is 4.36. The van der Waals surface area contributed by atoms with Crippen molar-refractivity contribution in [2.45, 2.75) is 11.9 Å². The second-order valence-corrected chi connectivity index (χ2v) is 7.06. The Labute approximate surface area is 120 Å². The van der Waals surface area contributed by atoms with Gasteiger partial charge in [-0.1, -0.05) is 6.07 Å². The van der Waals surface area contributed by atoms with E-state index in [1.165, 1.54) is 17.5 Å². The third kappa shape index (κ3) is 3.14. The van der Waals surface area contributed by atoms with Crippen LogP contribution in [0.3, 0.4) is 0 Å². The van der Waals surface area contributed by atoms with Crippen LogP contribution in [0.5, 0.6) is 5.75 Å². The van der Waals surface area contributed by atoms with Crippen LogP contribution < -0.4 is 5.32 Å². The Morgan fingerprint density at radius 2 is 2.10 bits per heavy atom. The topological polar surface area (TPSA) is 96.4 Å². The molecule has 0 fully saturated rings. The molecule has 0 radical (unpaired) electrons. The summed E-state index contributed by atoms with van der Waals surface area (Å²) in [4.78, 5) is 15.8. The van der Waals surface area contributed by atoms with Crippen molar-refractivity contribution in [1.82, 2.24) is 4.98 Å². The van der Waals surface area contributed by atoms with Crippen molar-refractivity contribution in [3.8, 4) is 5.75 Å². The molecule has 0 bridgehead atoms. The highest BCUT2D eigenvalue weighted by molar-refractivity contribution is 7.90. The first-order valence-corrected chi connectivity index (χ1v) is 8.31. The third-order valence-electron chi connectivity index (χ3n) is 2.48. The van der Waals surface area contributed by atoms with E-state index in [-0.39, 0.29) is 21.5 Å². The fourth-order valence-corrected chi connectivity index (χ4v) is 3.21. The van der Waals surface area contributed by atoms with Gasteiger partial charge in [0.15, 0.2) is 20.0 Å². The standard InChI is InChI=1S/C12H12N2O4S2/c1-7-3-4-8(9(15)5-7)11(16)14-12-13-10(6-19-12)20(2,17)18/h3-6,15H,1-2H3,(H,13,14,16). The maximum Gasteiger partial charge on any atom is 0.261 e. The molecule has 2 rings (SSSR count). The largest absolute Gasteiger partial charge is 0.507 e. The van der Waals surface area contributed by atoms with Crippen molar-refractivity contribution < 1.29 is 18.3 Å². The highest BCUT2D eigenvalue weighted by atomic mass is 32.2. The van der Waals surface area contributed by atoms with Crippen molar-refractivity contribution in [2.24, 2.45) is 0 Å². The number of hydrogen-bond acceptors (Lipinski definition) is 6. The van der Waals surface area contributed by atoms with E-state index in [9.17, 15) is 18.3 Å². The molecule has 6 nitrogen and oxygen atoms in total. The summed E-state index contributed by atoms with van der Waals surface area (Å²) in [5, 5.41) is 13.6. The number of carbonyl (C=O) groups is 1. The van der Waals surface area contributed by atoms with E-state index in [0.717, 1.165) is 23.2 Å². The SMILES string of the molecule is Cc1ccc(C(=O)Nc2nc(S(C)(=O)=O)cs2)c(O)c1. The number of nitrogens with zero attached hydrogens (tertiary/aromatic N) is 1. The molecule has 106 valence electrons. The minimum Gasteiger partial charge on any atom is -0.507 e. The average molecular weight is 312 g/mol. The number of thiazole rings is 1. The van der Waals surface area contributed by atoms with E-state index in [1.807, 2.05) is 0 Å². The summed E-state index contributed by atoms with van der Waals surface area (Å²) in [6, 6.07) is 4.65. The van der Waals surface area contributed by atoms with E-state index in [1.54, 1.807) is 13.0 Å². The normalized spacial score (nSPS) is 11.3. The first-order valence-electron chi connectivity index (χ1n) is 5.54. The number of phenolic OH excluding ortho intramolecular Hbond substituents is 1. The summed E-state index contributed by atoms with van der Waals surface area (Å²) in [7, 11) is -3.40. The van der Waals surface area contributed by atoms with E-state index >= 15 is 0 Å². The summed E-state index contributed by atoms with van der Waals surface area (Å²) < 4.78 is 22.6. The number of amides is 1. The molecule has 1 aromatic carbocycles. The van der Waals surface area contributed by atoms with Gasteiger partial charge in [-0.05, 0) is 24.6 Å². The number of hydrogen-bond donors (Lipinski definition) is 2. The number of aromatic hydroxyl groups is 1. The average Bonchev–Trinajstić information content (AvgIpc) is 2.76. The Kier molecular flexibility index (Phi) is 3.78. The lowest BCUT2D eigenvalue weighted by molar-refractivity contribution is 0.102. The zero-order valence-electron chi connectivity index (χ0n) is 10.7. The van der Waals surface area contributed by atoms with Gasteiger partial charge in [0.25, 0.3) is 5.91 Å². The number of carbonyl (C=O) groups excluding carboxylic acids is 1. The predicted octanol–water partition coefficient (Wildman–Crippen LogP) is 1.81. The summed E-state index contributed by atoms with van der Waals surface area (Å²) in [5.41, 5.74) is 0.930. The van der Waals surface area contributed by atoms with Crippen LogP contribution in [0.15, 0.2) is 28.6 Å². The van der Waals surface area contributed by atoms with Crippen molar-refractivity contribution in [1.29, 1.82) is 0 Å². The predicted molar refractivity (Wildman–Crippen MR) is 76.0 cm³/mol. The Morgan fingerprint density at radius 1 is 1.40 bits per heavy atom. The number of aromatic nitrogens is 1. The first kappa shape index (κ1) is 14.5. The molecule has 0 atom stereocenters. The quantitative estimate of drug-likeness (QED) is 0.901. The number of nitrogens with one attached hydrogen (secondary N) is 1. The molecule has 0 spiro atoms. The highest BCUT2D eigenvalue weighted by Crippen LogP contribution is 2.23. The van der Waals surface area contributed by atoms with Gasteiger partial charge in [0.1, 0.15) is 5.75 Å². The van der Waals surface area contributed by atoms with Crippen LogP contribution in [0, 0.1) is 6.92 Å². The molecular formula is C12H12N2O4S2. The van der Waals surface area contributed by atoms with Gasteiger partial charge in [0.05, 0.1) is 5.56 Å². The van der Waals surface area contributed by atoms with Crippen LogP contribution in [-0.2, 0) is 9.84 Å². The molecule has 0 aliphatic heterocycles. The fraction of sp³-hybridized carbons (Fsp3) is 0.167. The van der Waals surface area contributed by atoms with Gasteiger partial charge < -0.3 is 5.11 Å². The maximum absolute atomic E-state index is 12.0. The van der Waals surface area contributed by atoms with Crippen LogP contribution in [-0.4, -0.2) is 30.7 Å². The summed E-state index contributed by atoms with van der Waals surface area (Å²) in [6.07, 6.45) is 1.04. The number of rotatable bonds is 3. The van der Waals surface area contributed by atoms with E-state index < -0.39 is 15.7 Å². The van der Waals surface area contributed by atoms with Gasteiger partial charge in [-0.3, -0.25) is 10.1 Å². The molecule has 1 aromatic heterocycles. The van der Waals surface area contributed by atoms with E-state index in [0.29, 0.717) is 0 Å². The Balaban J connectivity index is 2.22. The van der Waals surface area contributed by atoms with Gasteiger partial charge in [0, 0.05) is 11.6 Å². The fourth-order valence-electron chi connectivity index (χ4n) is 1.48. The number of phenols is 1. The van der Waals surface area contributed by atoms with Gasteiger partial charge in [-0.2, -0.15) is 0 Å². The molecular weight excluding hydrogens is 300 g/mol. The van der Waals surface area contributed by atoms with Crippen LogP contribution in [0.2, 0.25) is 0 Å². The Bertz CT molecular complexity index is 766. The molecule has 2 aromatic rings. The smallest absolute Gasteiger partial charge is 0.261 e. The van der Waals surface area contributed by atoms with Crippen molar-refractivity contribution in [3.63, 3.8) is 0 Å². The molecule has 0 unspecified atom stereocenters. The Hall–Kier alpha value is -1.93. The lowest BCUT2D eigenvalue weighted by atomic mass is 10.1. The molecule has 0 aliphatic carbocycles. The van der Waals surface area contributed by atoms with E-state index in [4.69, 9.17) is 0 Å². The number of sulfone groups is 1. The van der Waals surface area contributed by atoms with Gasteiger partial charge in [-0.15, -0.1) is 11.3 Å². The molecule has 0 saturated carbocycles. The first-order chi connectivity index (χ1) is 9.27. The van der Waals surface area contributed by atoms with Gasteiger partial charge in [0.2, 0.25) is 0 Å². The van der Waals surface area contributed by atoms with Crippen LogP contribution >= 0.6 is 11.3 Å². The summed E-state index contributed by atoms with van der Waals surface area (Å²) >= 11 is 1.00. The number of anilines is 1. The zero-order chi connectivity index (χ0) is 14.9. The molecule has 1 amide bonds. The summed E-state index contributed by atoms with van der Waals surface area (Å²) in [5.74, 6) is -0.681. The lowest BCUT2D eigenvalue weighted by Crippen LogP contribution is -2.12. The maximum atomic E-state index is 12.0. The number of aryl methyl sites for hydroxylation is 1. The van der Waals surface area contributed by atoms with Crippen molar-refractivity contribution in [3.05, 3.63) is 34.7 Å². The minimum atomic E-state index is -3.40. The molecule has 2 N–H and O–H groups in total. The van der Waals surface area contributed by atoms with E-state index in [2.05, 4.69) is 10.3 Å². The monoisotopic (exact) mass is 312 g/mol. The zero-order valence-corrected chi connectivity index (χ0v) is 12.4. The second-order valence-electron chi connectivity index (χ2n) is 4.24. The number of benzene rings is 1. The van der Waals surface area contributed by atoms with Crippen LogP contribution in [0.25, 0.3) is 0 Å². The van der Waals surface area contributed by atoms with Crippen LogP contribution in [0.1, 0.15) is 15.9 Å². The van der Waals surface area contributed by atoms with Gasteiger partial charge >= 0.3 is 0 Å². The van der Waals surface area contributed by atoms with Crippen molar-refractivity contribution in [2.75, 3.05) is 11.6 Å². The van der Waals surface area contributed by atoms with Crippen LogP contribution in [0.4, 0.5) is 5.13 Å². The molecule has 8 heteroatoms. The van der Waals surface area contributed by atoms with Crippen molar-refractivity contribution >= 4 is 32.2 Å². The Morgan fingerprint density at radius 3 is 2.65 bits per heavy atom. The highest BCUT2D eigenvalue weighted by Gasteiger charge is 2.16. The molecule has 0 aliphatic rings.